The highest BCUT2D eigenvalue weighted by atomic mass is 35.5. The maximum Gasteiger partial charge on any atom is 0.269 e. The SMILES string of the molecule is CN(C)CCCNc1ccnc(C(=O)NCCc2cccc(Cl)c2)c1. The number of hydrogen-bond acceptors (Lipinski definition) is 4. The van der Waals surface area contributed by atoms with Crippen LogP contribution in [-0.4, -0.2) is 49.5 Å². The predicted octanol–water partition coefficient (Wildman–Crippen LogP) is 3.07. The smallest absolute Gasteiger partial charge is 0.269 e. The first-order chi connectivity index (χ1) is 12.0. The third kappa shape index (κ3) is 7.11. The molecule has 25 heavy (non-hydrogen) atoms. The van der Waals surface area contributed by atoms with Gasteiger partial charge in [0.1, 0.15) is 5.69 Å². The van der Waals surface area contributed by atoms with Crippen molar-refractivity contribution in [3.05, 3.63) is 58.9 Å². The Morgan fingerprint density at radius 3 is 2.80 bits per heavy atom. The molecule has 0 unspecified atom stereocenters. The number of nitrogens with zero attached hydrogens (tertiary/aromatic N) is 2. The minimum Gasteiger partial charge on any atom is -0.385 e. The van der Waals surface area contributed by atoms with Gasteiger partial charge in [-0.15, -0.1) is 0 Å². The van der Waals surface area contributed by atoms with Gasteiger partial charge in [-0.2, -0.15) is 0 Å². The number of aromatic nitrogens is 1. The fraction of sp³-hybridized carbons (Fsp3) is 0.368. The van der Waals surface area contributed by atoms with Crippen molar-refractivity contribution in [2.24, 2.45) is 0 Å². The zero-order chi connectivity index (χ0) is 18.1. The van der Waals surface area contributed by atoms with E-state index in [1.165, 1.54) is 0 Å². The summed E-state index contributed by atoms with van der Waals surface area (Å²) in [5.41, 5.74) is 2.43. The second kappa shape index (κ2) is 10.0. The lowest BCUT2D eigenvalue weighted by Crippen LogP contribution is -2.26. The van der Waals surface area contributed by atoms with Crippen LogP contribution in [0.3, 0.4) is 0 Å². The Labute approximate surface area is 154 Å². The molecule has 0 aliphatic carbocycles. The zero-order valence-electron chi connectivity index (χ0n) is 14.8. The number of carbonyl (C=O) groups is 1. The van der Waals surface area contributed by atoms with Crippen LogP contribution in [0, 0.1) is 0 Å². The van der Waals surface area contributed by atoms with Crippen LogP contribution in [0.4, 0.5) is 5.69 Å². The van der Waals surface area contributed by atoms with E-state index in [4.69, 9.17) is 11.6 Å². The standard InChI is InChI=1S/C19H25ClN4O/c1-24(2)12-4-9-21-17-8-11-22-18(14-17)19(25)23-10-7-15-5-3-6-16(20)13-15/h3,5-6,8,11,13-14H,4,7,9-10,12H2,1-2H3,(H,21,22)(H,23,25). The van der Waals surface area contributed by atoms with Crippen LogP contribution in [0.15, 0.2) is 42.6 Å². The Morgan fingerprint density at radius 1 is 1.20 bits per heavy atom. The molecule has 1 aromatic heterocycles. The van der Waals surface area contributed by atoms with Crippen LogP contribution in [-0.2, 0) is 6.42 Å². The topological polar surface area (TPSA) is 57.3 Å². The third-order valence-corrected chi connectivity index (χ3v) is 3.93. The Hall–Kier alpha value is -2.11. The summed E-state index contributed by atoms with van der Waals surface area (Å²) in [5, 5.41) is 6.93. The molecule has 5 nitrogen and oxygen atoms in total. The van der Waals surface area contributed by atoms with E-state index in [0.717, 1.165) is 37.2 Å². The summed E-state index contributed by atoms with van der Waals surface area (Å²) in [4.78, 5) is 18.5. The van der Waals surface area contributed by atoms with Crippen molar-refractivity contribution in [2.45, 2.75) is 12.8 Å². The average molecular weight is 361 g/mol. The van der Waals surface area contributed by atoms with Crippen molar-refractivity contribution >= 4 is 23.2 Å². The number of pyridine rings is 1. The molecule has 1 heterocycles. The second-order valence-electron chi connectivity index (χ2n) is 6.15. The molecule has 134 valence electrons. The minimum absolute atomic E-state index is 0.168. The van der Waals surface area contributed by atoms with Gasteiger partial charge in [-0.25, -0.2) is 0 Å². The van der Waals surface area contributed by atoms with Crippen LogP contribution in [0.1, 0.15) is 22.5 Å². The molecule has 0 aliphatic rings. The normalized spacial score (nSPS) is 10.7. The molecular formula is C19H25ClN4O. The van der Waals surface area contributed by atoms with Crippen molar-refractivity contribution in [3.8, 4) is 0 Å². The first-order valence-corrected chi connectivity index (χ1v) is 8.79. The average Bonchev–Trinajstić information content (AvgIpc) is 2.59. The molecule has 0 bridgehead atoms. The summed E-state index contributed by atoms with van der Waals surface area (Å²) in [5.74, 6) is -0.168. The maximum atomic E-state index is 12.2. The number of amides is 1. The largest absolute Gasteiger partial charge is 0.385 e. The maximum absolute atomic E-state index is 12.2. The van der Waals surface area contributed by atoms with E-state index in [1.807, 2.05) is 30.3 Å². The number of anilines is 1. The quantitative estimate of drug-likeness (QED) is 0.675. The van der Waals surface area contributed by atoms with Crippen LogP contribution in [0.2, 0.25) is 5.02 Å². The highest BCUT2D eigenvalue weighted by Gasteiger charge is 2.07. The molecule has 0 aliphatic heterocycles. The molecule has 6 heteroatoms. The van der Waals surface area contributed by atoms with E-state index in [0.29, 0.717) is 17.3 Å². The number of benzene rings is 1. The third-order valence-electron chi connectivity index (χ3n) is 3.69. The minimum atomic E-state index is -0.168. The molecule has 0 fully saturated rings. The molecule has 0 atom stereocenters. The molecule has 0 saturated heterocycles. The van der Waals surface area contributed by atoms with Crippen LogP contribution < -0.4 is 10.6 Å². The van der Waals surface area contributed by atoms with Gasteiger partial charge in [-0.3, -0.25) is 9.78 Å². The Bertz CT molecular complexity index is 691. The molecule has 1 aromatic carbocycles. The molecule has 2 rings (SSSR count). The summed E-state index contributed by atoms with van der Waals surface area (Å²) in [6, 6.07) is 11.3. The van der Waals surface area contributed by atoms with Gasteiger partial charge in [-0.1, -0.05) is 23.7 Å². The molecular weight excluding hydrogens is 336 g/mol. The van der Waals surface area contributed by atoms with Gasteiger partial charge in [0.2, 0.25) is 0 Å². The van der Waals surface area contributed by atoms with E-state index < -0.39 is 0 Å². The van der Waals surface area contributed by atoms with E-state index in [1.54, 1.807) is 12.3 Å². The molecule has 2 N–H and O–H groups in total. The Kier molecular flexibility index (Phi) is 7.70. The highest BCUT2D eigenvalue weighted by Crippen LogP contribution is 2.11. The van der Waals surface area contributed by atoms with Gasteiger partial charge in [0.25, 0.3) is 5.91 Å². The van der Waals surface area contributed by atoms with Gasteiger partial charge in [0.05, 0.1) is 0 Å². The summed E-state index contributed by atoms with van der Waals surface area (Å²) >= 11 is 5.96. The second-order valence-corrected chi connectivity index (χ2v) is 6.59. The zero-order valence-corrected chi connectivity index (χ0v) is 15.5. The number of carbonyl (C=O) groups excluding carboxylic acids is 1. The Morgan fingerprint density at radius 2 is 2.04 bits per heavy atom. The summed E-state index contributed by atoms with van der Waals surface area (Å²) < 4.78 is 0. The van der Waals surface area contributed by atoms with Crippen molar-refractivity contribution < 1.29 is 4.79 Å². The lowest BCUT2D eigenvalue weighted by molar-refractivity contribution is 0.0949. The van der Waals surface area contributed by atoms with E-state index in [9.17, 15) is 4.79 Å². The summed E-state index contributed by atoms with van der Waals surface area (Å²) in [6.45, 7) is 2.42. The fourth-order valence-electron chi connectivity index (χ4n) is 2.40. The van der Waals surface area contributed by atoms with Crippen molar-refractivity contribution in [3.63, 3.8) is 0 Å². The van der Waals surface area contributed by atoms with Crippen molar-refractivity contribution in [1.82, 2.24) is 15.2 Å². The predicted molar refractivity (Wildman–Crippen MR) is 103 cm³/mol. The first kappa shape index (κ1) is 19.2. The van der Waals surface area contributed by atoms with E-state index in [2.05, 4.69) is 34.6 Å². The van der Waals surface area contributed by atoms with Crippen LogP contribution in [0.25, 0.3) is 0 Å². The fourth-order valence-corrected chi connectivity index (χ4v) is 2.61. The summed E-state index contributed by atoms with van der Waals surface area (Å²) in [6.07, 6.45) is 3.42. The van der Waals surface area contributed by atoms with Gasteiger partial charge in [0.15, 0.2) is 0 Å². The van der Waals surface area contributed by atoms with E-state index >= 15 is 0 Å². The van der Waals surface area contributed by atoms with Crippen LogP contribution in [0.5, 0.6) is 0 Å². The highest BCUT2D eigenvalue weighted by molar-refractivity contribution is 6.30. The van der Waals surface area contributed by atoms with Gasteiger partial charge in [0, 0.05) is 30.0 Å². The van der Waals surface area contributed by atoms with E-state index in [-0.39, 0.29) is 5.91 Å². The van der Waals surface area contributed by atoms with Gasteiger partial charge >= 0.3 is 0 Å². The molecule has 0 saturated carbocycles. The number of rotatable bonds is 9. The van der Waals surface area contributed by atoms with Crippen molar-refractivity contribution in [2.75, 3.05) is 39.0 Å². The van der Waals surface area contributed by atoms with Gasteiger partial charge < -0.3 is 15.5 Å². The number of nitrogens with one attached hydrogen (secondary N) is 2. The van der Waals surface area contributed by atoms with Gasteiger partial charge in [-0.05, 0) is 63.3 Å². The lowest BCUT2D eigenvalue weighted by Gasteiger charge is -2.11. The molecule has 0 spiro atoms. The summed E-state index contributed by atoms with van der Waals surface area (Å²) in [7, 11) is 4.11. The lowest BCUT2D eigenvalue weighted by atomic mass is 10.1. The Balaban J connectivity index is 1.79. The number of hydrogen-bond donors (Lipinski definition) is 2. The molecule has 2 aromatic rings. The molecule has 1 amide bonds. The van der Waals surface area contributed by atoms with Crippen LogP contribution >= 0.6 is 11.6 Å². The first-order valence-electron chi connectivity index (χ1n) is 8.42. The molecule has 0 radical (unpaired) electrons. The van der Waals surface area contributed by atoms with Crippen molar-refractivity contribution in [1.29, 1.82) is 0 Å². The monoisotopic (exact) mass is 360 g/mol. The number of halogens is 1.